The van der Waals surface area contributed by atoms with E-state index >= 15 is 0 Å². The van der Waals surface area contributed by atoms with Gasteiger partial charge in [-0.1, -0.05) is 5.16 Å². The van der Waals surface area contributed by atoms with E-state index in [2.05, 4.69) is 15.5 Å². The van der Waals surface area contributed by atoms with Crippen LogP contribution in [0.4, 0.5) is 0 Å². The lowest BCUT2D eigenvalue weighted by molar-refractivity contribution is -0.136. The number of carbonyl (C=O) groups excluding carboxylic acids is 1. The third-order valence-corrected chi connectivity index (χ3v) is 3.80. The van der Waals surface area contributed by atoms with Crippen molar-refractivity contribution in [3.8, 4) is 11.3 Å². The third kappa shape index (κ3) is 3.23. The molecular weight excluding hydrogens is 326 g/mol. The van der Waals surface area contributed by atoms with Crippen molar-refractivity contribution in [1.29, 1.82) is 0 Å². The first-order chi connectivity index (χ1) is 11.9. The quantitative estimate of drug-likeness (QED) is 0.731. The maximum Gasteiger partial charge on any atom is 0.305 e. The van der Waals surface area contributed by atoms with Gasteiger partial charge in [-0.25, -0.2) is 4.98 Å². The molecule has 0 fully saturated rings. The van der Waals surface area contributed by atoms with Crippen molar-refractivity contribution in [2.24, 2.45) is 0 Å². The van der Waals surface area contributed by atoms with Gasteiger partial charge in [0.15, 0.2) is 0 Å². The number of hydrogen-bond donors (Lipinski definition) is 2. The molecule has 0 aliphatic carbocycles. The number of amides is 1. The van der Waals surface area contributed by atoms with E-state index in [0.717, 1.165) is 11.3 Å². The van der Waals surface area contributed by atoms with Gasteiger partial charge >= 0.3 is 5.97 Å². The molecule has 0 radical (unpaired) electrons. The SMILES string of the molecule is Cc1cc(-c2cc(C(=O)NCCC(=O)O)c3c(C)noc3n2)c(C)o1. The van der Waals surface area contributed by atoms with Crippen LogP contribution in [0.3, 0.4) is 0 Å². The summed E-state index contributed by atoms with van der Waals surface area (Å²) in [6.45, 7) is 5.38. The lowest BCUT2D eigenvalue weighted by Gasteiger charge is -2.07. The van der Waals surface area contributed by atoms with Gasteiger partial charge in [0.25, 0.3) is 11.6 Å². The lowest BCUT2D eigenvalue weighted by Crippen LogP contribution is -2.26. The molecule has 0 aliphatic heterocycles. The largest absolute Gasteiger partial charge is 0.481 e. The summed E-state index contributed by atoms with van der Waals surface area (Å²) in [7, 11) is 0. The minimum Gasteiger partial charge on any atom is -0.481 e. The molecular formula is C17H17N3O5. The fraction of sp³-hybridized carbons (Fsp3) is 0.294. The first-order valence-electron chi connectivity index (χ1n) is 7.71. The maximum atomic E-state index is 12.5. The number of carbonyl (C=O) groups is 2. The molecule has 0 spiro atoms. The number of aliphatic carboxylic acids is 1. The fourth-order valence-corrected chi connectivity index (χ4v) is 2.68. The molecule has 1 amide bonds. The molecule has 3 rings (SSSR count). The molecule has 3 aromatic heterocycles. The Labute approximate surface area is 142 Å². The van der Waals surface area contributed by atoms with Crippen LogP contribution < -0.4 is 5.32 Å². The minimum absolute atomic E-state index is 0.0293. The highest BCUT2D eigenvalue weighted by Gasteiger charge is 2.20. The molecule has 0 atom stereocenters. The number of fused-ring (bicyclic) bond motifs is 1. The van der Waals surface area contributed by atoms with Gasteiger partial charge in [0.1, 0.15) is 11.5 Å². The van der Waals surface area contributed by atoms with Crippen molar-refractivity contribution in [1.82, 2.24) is 15.5 Å². The van der Waals surface area contributed by atoms with Gasteiger partial charge in [0.2, 0.25) is 0 Å². The molecule has 0 aromatic carbocycles. The number of carboxylic acid groups (broad SMARTS) is 1. The van der Waals surface area contributed by atoms with E-state index in [-0.39, 0.29) is 18.7 Å². The summed E-state index contributed by atoms with van der Waals surface area (Å²) in [6.07, 6.45) is -0.157. The van der Waals surface area contributed by atoms with Crippen molar-refractivity contribution in [2.75, 3.05) is 6.54 Å². The highest BCUT2D eigenvalue weighted by molar-refractivity contribution is 6.07. The Morgan fingerprint density at radius 2 is 2.00 bits per heavy atom. The predicted molar refractivity (Wildman–Crippen MR) is 88.3 cm³/mol. The van der Waals surface area contributed by atoms with Gasteiger partial charge in [0.05, 0.1) is 28.8 Å². The van der Waals surface area contributed by atoms with Crippen molar-refractivity contribution in [2.45, 2.75) is 27.2 Å². The van der Waals surface area contributed by atoms with Gasteiger partial charge in [-0.2, -0.15) is 0 Å². The number of rotatable bonds is 5. The number of furan rings is 1. The van der Waals surface area contributed by atoms with Crippen molar-refractivity contribution in [3.05, 3.63) is 34.9 Å². The van der Waals surface area contributed by atoms with Crippen LogP contribution in [0.2, 0.25) is 0 Å². The molecule has 8 heteroatoms. The molecule has 3 aromatic rings. The molecule has 25 heavy (non-hydrogen) atoms. The summed E-state index contributed by atoms with van der Waals surface area (Å²) in [4.78, 5) is 27.6. The standard InChI is InChI=1S/C17H17N3O5/c1-8-6-11(10(3)24-8)13-7-12(16(23)18-5-4-14(21)22)15-9(2)20-25-17(15)19-13/h6-7H,4-5H2,1-3H3,(H,18,23)(H,21,22). The zero-order valence-electron chi connectivity index (χ0n) is 14.0. The first-order valence-corrected chi connectivity index (χ1v) is 7.71. The Morgan fingerprint density at radius 3 is 2.64 bits per heavy atom. The molecule has 0 aliphatic rings. The summed E-state index contributed by atoms with van der Waals surface area (Å²) in [6, 6.07) is 3.47. The van der Waals surface area contributed by atoms with Gasteiger partial charge in [-0.3, -0.25) is 9.59 Å². The molecule has 0 saturated carbocycles. The number of pyridine rings is 1. The highest BCUT2D eigenvalue weighted by Crippen LogP contribution is 2.30. The van der Waals surface area contributed by atoms with E-state index in [4.69, 9.17) is 14.0 Å². The van der Waals surface area contributed by atoms with Crippen LogP contribution in [0.1, 0.15) is 34.0 Å². The fourth-order valence-electron chi connectivity index (χ4n) is 2.68. The minimum atomic E-state index is -0.980. The van der Waals surface area contributed by atoms with Crippen molar-refractivity contribution >= 4 is 23.0 Å². The van der Waals surface area contributed by atoms with E-state index in [1.54, 1.807) is 13.0 Å². The summed E-state index contributed by atoms with van der Waals surface area (Å²) >= 11 is 0. The number of nitrogens with zero attached hydrogens (tertiary/aromatic N) is 2. The second-order valence-electron chi connectivity index (χ2n) is 5.73. The number of aryl methyl sites for hydroxylation is 3. The van der Waals surface area contributed by atoms with Crippen LogP contribution in [0.5, 0.6) is 0 Å². The Kier molecular flexibility index (Phi) is 4.26. The third-order valence-electron chi connectivity index (χ3n) is 3.80. The smallest absolute Gasteiger partial charge is 0.305 e. The van der Waals surface area contributed by atoms with Crippen molar-refractivity contribution in [3.63, 3.8) is 0 Å². The second-order valence-corrected chi connectivity index (χ2v) is 5.73. The zero-order chi connectivity index (χ0) is 18.1. The van der Waals surface area contributed by atoms with Crippen LogP contribution in [-0.4, -0.2) is 33.7 Å². The molecule has 0 unspecified atom stereocenters. The molecule has 8 nitrogen and oxygen atoms in total. The van der Waals surface area contributed by atoms with Gasteiger partial charge < -0.3 is 19.4 Å². The van der Waals surface area contributed by atoms with Crippen LogP contribution in [-0.2, 0) is 4.79 Å². The molecule has 0 bridgehead atoms. The normalized spacial score (nSPS) is 11.0. The van der Waals surface area contributed by atoms with Gasteiger partial charge in [-0.15, -0.1) is 0 Å². The molecule has 2 N–H and O–H groups in total. The monoisotopic (exact) mass is 343 g/mol. The molecule has 3 heterocycles. The highest BCUT2D eigenvalue weighted by atomic mass is 16.5. The Morgan fingerprint density at radius 1 is 1.24 bits per heavy atom. The van der Waals surface area contributed by atoms with Gasteiger partial charge in [0, 0.05) is 12.1 Å². The van der Waals surface area contributed by atoms with Gasteiger partial charge in [-0.05, 0) is 32.9 Å². The Hall–Kier alpha value is -3.16. The van der Waals surface area contributed by atoms with Crippen LogP contribution in [0, 0.1) is 20.8 Å². The topological polar surface area (TPSA) is 118 Å². The number of carboxylic acids is 1. The van der Waals surface area contributed by atoms with E-state index in [0.29, 0.717) is 28.1 Å². The van der Waals surface area contributed by atoms with E-state index in [9.17, 15) is 9.59 Å². The van der Waals surface area contributed by atoms with Crippen LogP contribution in [0.15, 0.2) is 21.1 Å². The Bertz CT molecular complexity index is 970. The van der Waals surface area contributed by atoms with Crippen molar-refractivity contribution < 1.29 is 23.6 Å². The number of hydrogen-bond acceptors (Lipinski definition) is 6. The van der Waals surface area contributed by atoms with E-state index < -0.39 is 11.9 Å². The molecule has 130 valence electrons. The summed E-state index contributed by atoms with van der Waals surface area (Å²) in [5.74, 6) is 0.0269. The van der Waals surface area contributed by atoms with E-state index in [1.807, 2.05) is 19.9 Å². The zero-order valence-corrected chi connectivity index (χ0v) is 14.0. The summed E-state index contributed by atoms with van der Waals surface area (Å²) < 4.78 is 10.8. The summed E-state index contributed by atoms with van der Waals surface area (Å²) in [5.41, 5.74) is 2.41. The van der Waals surface area contributed by atoms with Crippen LogP contribution in [0.25, 0.3) is 22.4 Å². The predicted octanol–water partition coefficient (Wildman–Crippen LogP) is 2.61. The molecule has 0 saturated heterocycles. The first kappa shape index (κ1) is 16.7. The number of nitrogens with one attached hydrogen (secondary N) is 1. The summed E-state index contributed by atoms with van der Waals surface area (Å²) in [5, 5.41) is 15.7. The maximum absolute atomic E-state index is 12.5. The Balaban J connectivity index is 2.06. The second kappa shape index (κ2) is 6.39. The average Bonchev–Trinajstić information content (AvgIpc) is 3.08. The number of aromatic nitrogens is 2. The average molecular weight is 343 g/mol. The van der Waals surface area contributed by atoms with Crippen LogP contribution >= 0.6 is 0 Å². The lowest BCUT2D eigenvalue weighted by atomic mass is 10.1. The van der Waals surface area contributed by atoms with E-state index in [1.165, 1.54) is 0 Å².